The van der Waals surface area contributed by atoms with Gasteiger partial charge in [0.25, 0.3) is 0 Å². The van der Waals surface area contributed by atoms with E-state index in [0.29, 0.717) is 25.5 Å². The fourth-order valence-corrected chi connectivity index (χ4v) is 1.24. The van der Waals surface area contributed by atoms with Crippen molar-refractivity contribution in [2.45, 2.75) is 6.42 Å². The van der Waals surface area contributed by atoms with Crippen LogP contribution >= 0.6 is 0 Å². The molecule has 0 radical (unpaired) electrons. The molecule has 0 bridgehead atoms. The Kier molecular flexibility index (Phi) is 2.32. The molecule has 14 heavy (non-hydrogen) atoms. The number of nitrogens with zero attached hydrogens (tertiary/aromatic N) is 1. The van der Waals surface area contributed by atoms with E-state index in [9.17, 15) is 4.79 Å². The SMILES string of the molecule is O=C(O)c1cnc(C2=CCOCC2)o1. The number of oxazole rings is 1. The third-order valence-corrected chi connectivity index (χ3v) is 1.95. The third kappa shape index (κ3) is 1.67. The number of ether oxygens (including phenoxy) is 1. The predicted octanol–water partition coefficient (Wildman–Crippen LogP) is 1.18. The highest BCUT2D eigenvalue weighted by molar-refractivity contribution is 5.84. The van der Waals surface area contributed by atoms with E-state index in [-0.39, 0.29) is 5.76 Å². The van der Waals surface area contributed by atoms with E-state index in [2.05, 4.69) is 4.98 Å². The highest BCUT2D eigenvalue weighted by Gasteiger charge is 2.15. The molecule has 1 N–H and O–H groups in total. The summed E-state index contributed by atoms with van der Waals surface area (Å²) in [5, 5.41) is 8.62. The second-order valence-electron chi connectivity index (χ2n) is 2.89. The summed E-state index contributed by atoms with van der Waals surface area (Å²) < 4.78 is 10.2. The first-order valence-corrected chi connectivity index (χ1v) is 4.23. The number of carbonyl (C=O) groups is 1. The van der Waals surface area contributed by atoms with Gasteiger partial charge in [-0.25, -0.2) is 9.78 Å². The maximum atomic E-state index is 10.5. The van der Waals surface area contributed by atoms with Crippen molar-refractivity contribution in [2.75, 3.05) is 13.2 Å². The lowest BCUT2D eigenvalue weighted by Gasteiger charge is -2.09. The molecule has 0 saturated carbocycles. The van der Waals surface area contributed by atoms with E-state index in [1.54, 1.807) is 0 Å². The van der Waals surface area contributed by atoms with Gasteiger partial charge in [-0.2, -0.15) is 0 Å². The number of hydrogen-bond acceptors (Lipinski definition) is 4. The predicted molar refractivity (Wildman–Crippen MR) is 46.9 cm³/mol. The zero-order chi connectivity index (χ0) is 9.97. The molecule has 0 fully saturated rings. The van der Waals surface area contributed by atoms with Crippen LogP contribution in [0.25, 0.3) is 5.57 Å². The van der Waals surface area contributed by atoms with Crippen molar-refractivity contribution in [3.05, 3.63) is 23.9 Å². The van der Waals surface area contributed by atoms with Crippen molar-refractivity contribution < 1.29 is 19.1 Å². The number of aromatic carboxylic acids is 1. The second kappa shape index (κ2) is 3.63. The van der Waals surface area contributed by atoms with Crippen LogP contribution in [0, 0.1) is 0 Å². The molecular formula is C9H9NO4. The van der Waals surface area contributed by atoms with Crippen molar-refractivity contribution in [1.82, 2.24) is 4.98 Å². The largest absolute Gasteiger partial charge is 0.475 e. The highest BCUT2D eigenvalue weighted by Crippen LogP contribution is 2.20. The molecule has 0 aromatic carbocycles. The van der Waals surface area contributed by atoms with Crippen LogP contribution in [-0.2, 0) is 4.74 Å². The van der Waals surface area contributed by atoms with Crippen LogP contribution in [0.1, 0.15) is 22.9 Å². The van der Waals surface area contributed by atoms with Crippen LogP contribution in [0.3, 0.4) is 0 Å². The molecule has 0 unspecified atom stereocenters. The summed E-state index contributed by atoms with van der Waals surface area (Å²) in [7, 11) is 0. The molecule has 0 amide bonds. The zero-order valence-corrected chi connectivity index (χ0v) is 7.40. The second-order valence-corrected chi connectivity index (χ2v) is 2.89. The van der Waals surface area contributed by atoms with Crippen LogP contribution in [0.5, 0.6) is 0 Å². The van der Waals surface area contributed by atoms with Gasteiger partial charge in [-0.3, -0.25) is 0 Å². The first-order valence-electron chi connectivity index (χ1n) is 4.23. The molecule has 5 nitrogen and oxygen atoms in total. The molecule has 0 spiro atoms. The van der Waals surface area contributed by atoms with Gasteiger partial charge in [0.15, 0.2) is 0 Å². The van der Waals surface area contributed by atoms with Crippen molar-refractivity contribution in [1.29, 1.82) is 0 Å². The first-order chi connectivity index (χ1) is 6.77. The average Bonchev–Trinajstić information content (AvgIpc) is 2.68. The Morgan fingerprint density at radius 2 is 2.43 bits per heavy atom. The fourth-order valence-electron chi connectivity index (χ4n) is 1.24. The van der Waals surface area contributed by atoms with E-state index in [1.165, 1.54) is 6.20 Å². The van der Waals surface area contributed by atoms with Crippen LogP contribution in [0.15, 0.2) is 16.7 Å². The first kappa shape index (κ1) is 8.96. The summed E-state index contributed by atoms with van der Waals surface area (Å²) in [6.07, 6.45) is 3.77. The van der Waals surface area contributed by atoms with Gasteiger partial charge in [0.2, 0.25) is 11.7 Å². The molecule has 2 rings (SSSR count). The molecule has 1 aliphatic rings. The number of aromatic nitrogens is 1. The molecule has 1 aliphatic heterocycles. The fraction of sp³-hybridized carbons (Fsp3) is 0.333. The Bertz CT molecular complexity index is 380. The lowest BCUT2D eigenvalue weighted by Crippen LogP contribution is -2.03. The normalized spacial score (nSPS) is 16.4. The molecule has 74 valence electrons. The van der Waals surface area contributed by atoms with E-state index in [0.717, 1.165) is 5.57 Å². The molecule has 1 aromatic heterocycles. The minimum atomic E-state index is -1.10. The summed E-state index contributed by atoms with van der Waals surface area (Å²) in [6.45, 7) is 1.15. The molecule has 0 saturated heterocycles. The minimum absolute atomic E-state index is 0.132. The lowest BCUT2D eigenvalue weighted by atomic mass is 10.1. The van der Waals surface area contributed by atoms with Gasteiger partial charge in [-0.1, -0.05) is 6.08 Å². The Labute approximate surface area is 80.0 Å². The number of rotatable bonds is 2. The van der Waals surface area contributed by atoms with E-state index in [4.69, 9.17) is 14.3 Å². The summed E-state index contributed by atoms with van der Waals surface area (Å²) in [6, 6.07) is 0. The zero-order valence-electron chi connectivity index (χ0n) is 7.40. The van der Waals surface area contributed by atoms with Crippen LogP contribution in [0.2, 0.25) is 0 Å². The molecule has 0 aliphatic carbocycles. The Morgan fingerprint density at radius 1 is 1.57 bits per heavy atom. The average molecular weight is 195 g/mol. The van der Waals surface area contributed by atoms with Crippen molar-refractivity contribution in [3.8, 4) is 0 Å². The minimum Gasteiger partial charge on any atom is -0.475 e. The van der Waals surface area contributed by atoms with Crippen LogP contribution in [-0.4, -0.2) is 29.3 Å². The van der Waals surface area contributed by atoms with E-state index >= 15 is 0 Å². The Balaban J connectivity index is 2.23. The molecule has 2 heterocycles. The monoisotopic (exact) mass is 195 g/mol. The van der Waals surface area contributed by atoms with Gasteiger partial charge >= 0.3 is 5.97 Å². The number of carboxylic acid groups (broad SMARTS) is 1. The molecule has 1 aromatic rings. The maximum Gasteiger partial charge on any atom is 0.373 e. The highest BCUT2D eigenvalue weighted by atomic mass is 16.5. The summed E-state index contributed by atoms with van der Waals surface area (Å²) in [5.41, 5.74) is 0.906. The van der Waals surface area contributed by atoms with Crippen molar-refractivity contribution >= 4 is 11.5 Å². The van der Waals surface area contributed by atoms with Gasteiger partial charge in [0.05, 0.1) is 19.4 Å². The molecular weight excluding hydrogens is 186 g/mol. The topological polar surface area (TPSA) is 72.6 Å². The van der Waals surface area contributed by atoms with Crippen molar-refractivity contribution in [2.24, 2.45) is 0 Å². The Hall–Kier alpha value is -1.62. The van der Waals surface area contributed by atoms with Gasteiger partial charge in [0.1, 0.15) is 0 Å². The van der Waals surface area contributed by atoms with Gasteiger partial charge in [-0.15, -0.1) is 0 Å². The summed E-state index contributed by atoms with van der Waals surface area (Å²) >= 11 is 0. The van der Waals surface area contributed by atoms with Gasteiger partial charge in [0, 0.05) is 12.0 Å². The standard InChI is InChI=1S/C9H9NO4/c11-9(12)7-5-10-8(14-7)6-1-3-13-4-2-6/h1,5H,2-4H2,(H,11,12). The van der Waals surface area contributed by atoms with Gasteiger partial charge < -0.3 is 14.3 Å². The third-order valence-electron chi connectivity index (χ3n) is 1.95. The maximum absolute atomic E-state index is 10.5. The van der Waals surface area contributed by atoms with Crippen LogP contribution in [0.4, 0.5) is 0 Å². The quantitative estimate of drug-likeness (QED) is 0.766. The number of hydrogen-bond donors (Lipinski definition) is 1. The summed E-state index contributed by atoms with van der Waals surface area (Å²) in [5.74, 6) is -0.852. The van der Waals surface area contributed by atoms with Crippen molar-refractivity contribution in [3.63, 3.8) is 0 Å². The van der Waals surface area contributed by atoms with E-state index < -0.39 is 5.97 Å². The van der Waals surface area contributed by atoms with E-state index in [1.807, 2.05) is 6.08 Å². The lowest BCUT2D eigenvalue weighted by molar-refractivity contribution is 0.0661. The summed E-state index contributed by atoms with van der Waals surface area (Å²) in [4.78, 5) is 14.4. The molecule has 0 atom stereocenters. The Morgan fingerprint density at radius 3 is 3.00 bits per heavy atom. The molecule has 5 heteroatoms. The van der Waals surface area contributed by atoms with Gasteiger partial charge in [-0.05, 0) is 0 Å². The van der Waals surface area contributed by atoms with Crippen LogP contribution < -0.4 is 0 Å². The number of carboxylic acids is 1. The smallest absolute Gasteiger partial charge is 0.373 e.